The SMILES string of the molecule is Cc1ccc(NC(=O)c2nn(-c3ccccc3)c(=O)c3ccccc23)c(OCc2ccccc2)c1. The maximum atomic E-state index is 13.5. The largest absolute Gasteiger partial charge is 0.487 e. The van der Waals surface area contributed by atoms with Gasteiger partial charge in [0, 0.05) is 5.39 Å². The standard InChI is InChI=1S/C29H23N3O3/c1-20-16-17-25(26(18-20)35-19-21-10-4-2-5-11-21)30-28(33)27-23-14-8-9-15-24(23)29(34)32(31-27)22-12-6-3-7-13-22/h2-18H,19H2,1H3,(H,30,33). The van der Waals surface area contributed by atoms with Gasteiger partial charge < -0.3 is 10.1 Å². The number of hydrogen-bond acceptors (Lipinski definition) is 4. The highest BCUT2D eigenvalue weighted by Gasteiger charge is 2.19. The molecule has 6 nitrogen and oxygen atoms in total. The van der Waals surface area contributed by atoms with Crippen molar-refractivity contribution < 1.29 is 9.53 Å². The Kier molecular flexibility index (Phi) is 6.09. The fraction of sp³-hybridized carbons (Fsp3) is 0.0690. The molecule has 1 heterocycles. The number of carbonyl (C=O) groups excluding carboxylic acids is 1. The third-order valence-electron chi connectivity index (χ3n) is 5.64. The van der Waals surface area contributed by atoms with Gasteiger partial charge >= 0.3 is 0 Å². The summed E-state index contributed by atoms with van der Waals surface area (Å²) in [4.78, 5) is 26.6. The van der Waals surface area contributed by atoms with E-state index in [0.29, 0.717) is 34.5 Å². The second kappa shape index (κ2) is 9.65. The second-order valence-electron chi connectivity index (χ2n) is 8.17. The van der Waals surface area contributed by atoms with Crippen LogP contribution in [0.2, 0.25) is 0 Å². The molecule has 0 bridgehead atoms. The molecule has 5 aromatic rings. The van der Waals surface area contributed by atoms with Crippen LogP contribution >= 0.6 is 0 Å². The summed E-state index contributed by atoms with van der Waals surface area (Å²) in [5.74, 6) is 0.127. The van der Waals surface area contributed by atoms with E-state index in [9.17, 15) is 9.59 Å². The van der Waals surface area contributed by atoms with Gasteiger partial charge in [-0.2, -0.15) is 9.78 Å². The van der Waals surface area contributed by atoms with Gasteiger partial charge in [0.1, 0.15) is 12.4 Å². The third-order valence-corrected chi connectivity index (χ3v) is 5.64. The number of rotatable bonds is 6. The van der Waals surface area contributed by atoms with Crippen molar-refractivity contribution >= 4 is 22.4 Å². The van der Waals surface area contributed by atoms with Gasteiger partial charge in [0.05, 0.1) is 16.8 Å². The zero-order chi connectivity index (χ0) is 24.2. The molecule has 1 aromatic heterocycles. The van der Waals surface area contributed by atoms with Crippen molar-refractivity contribution in [1.29, 1.82) is 0 Å². The lowest BCUT2D eigenvalue weighted by atomic mass is 10.1. The third kappa shape index (κ3) is 4.68. The molecule has 35 heavy (non-hydrogen) atoms. The molecule has 0 aliphatic carbocycles. The summed E-state index contributed by atoms with van der Waals surface area (Å²) in [5.41, 5.74) is 3.00. The van der Waals surface area contributed by atoms with E-state index in [1.165, 1.54) is 4.68 Å². The predicted octanol–water partition coefficient (Wildman–Crippen LogP) is 5.53. The summed E-state index contributed by atoms with van der Waals surface area (Å²) in [6.07, 6.45) is 0. The predicted molar refractivity (Wildman–Crippen MR) is 137 cm³/mol. The Morgan fingerprint density at radius 3 is 2.26 bits per heavy atom. The Bertz CT molecular complexity index is 1560. The Hall–Kier alpha value is -4.71. The number of benzene rings is 4. The highest BCUT2D eigenvalue weighted by molar-refractivity contribution is 6.11. The van der Waals surface area contributed by atoms with Crippen molar-refractivity contribution in [2.75, 3.05) is 5.32 Å². The van der Waals surface area contributed by atoms with Crippen LogP contribution in [0.5, 0.6) is 5.75 Å². The van der Waals surface area contributed by atoms with Gasteiger partial charge in [0.25, 0.3) is 11.5 Å². The van der Waals surface area contributed by atoms with Gasteiger partial charge in [0.15, 0.2) is 5.69 Å². The smallest absolute Gasteiger partial charge is 0.279 e. The average Bonchev–Trinajstić information content (AvgIpc) is 2.90. The number of aryl methyl sites for hydroxylation is 1. The lowest BCUT2D eigenvalue weighted by Crippen LogP contribution is -2.26. The maximum Gasteiger partial charge on any atom is 0.279 e. The van der Waals surface area contributed by atoms with Crippen molar-refractivity contribution in [1.82, 2.24) is 9.78 Å². The Morgan fingerprint density at radius 1 is 0.857 bits per heavy atom. The van der Waals surface area contributed by atoms with Crippen molar-refractivity contribution in [2.24, 2.45) is 0 Å². The van der Waals surface area contributed by atoms with Crippen LogP contribution in [-0.2, 0) is 6.61 Å². The zero-order valence-electron chi connectivity index (χ0n) is 19.1. The van der Waals surface area contributed by atoms with Crippen LogP contribution in [0.25, 0.3) is 16.5 Å². The number of hydrogen-bond donors (Lipinski definition) is 1. The molecule has 6 heteroatoms. The Balaban J connectivity index is 1.52. The van der Waals surface area contributed by atoms with Crippen LogP contribution in [0.1, 0.15) is 21.6 Å². The van der Waals surface area contributed by atoms with Crippen molar-refractivity contribution in [2.45, 2.75) is 13.5 Å². The summed E-state index contributed by atoms with van der Waals surface area (Å²) < 4.78 is 7.31. The van der Waals surface area contributed by atoms with E-state index >= 15 is 0 Å². The first-order valence-electron chi connectivity index (χ1n) is 11.3. The maximum absolute atomic E-state index is 13.5. The van der Waals surface area contributed by atoms with E-state index in [2.05, 4.69) is 10.4 Å². The normalized spacial score (nSPS) is 10.8. The minimum atomic E-state index is -0.431. The molecule has 0 unspecified atom stereocenters. The summed E-state index contributed by atoms with van der Waals surface area (Å²) in [6.45, 7) is 2.33. The second-order valence-corrected chi connectivity index (χ2v) is 8.17. The summed E-state index contributed by atoms with van der Waals surface area (Å²) in [5, 5.41) is 8.30. The summed E-state index contributed by atoms with van der Waals surface area (Å²) >= 11 is 0. The first kappa shape index (κ1) is 22.1. The average molecular weight is 462 g/mol. The van der Waals surface area contributed by atoms with Crippen LogP contribution in [-0.4, -0.2) is 15.7 Å². The van der Waals surface area contributed by atoms with E-state index in [-0.39, 0.29) is 11.3 Å². The van der Waals surface area contributed by atoms with Crippen LogP contribution in [0.3, 0.4) is 0 Å². The summed E-state index contributed by atoms with van der Waals surface area (Å²) in [7, 11) is 0. The van der Waals surface area contributed by atoms with Crippen molar-refractivity contribution in [3.05, 3.63) is 130 Å². The molecule has 0 fully saturated rings. The first-order valence-corrected chi connectivity index (χ1v) is 11.3. The molecule has 0 atom stereocenters. The van der Waals surface area contributed by atoms with Gasteiger partial charge in [-0.1, -0.05) is 72.8 Å². The molecular formula is C29H23N3O3. The molecule has 0 aliphatic heterocycles. The molecule has 0 saturated carbocycles. The highest BCUT2D eigenvalue weighted by Crippen LogP contribution is 2.28. The quantitative estimate of drug-likeness (QED) is 0.361. The number of ether oxygens (including phenoxy) is 1. The fourth-order valence-corrected chi connectivity index (χ4v) is 3.87. The highest BCUT2D eigenvalue weighted by atomic mass is 16.5. The topological polar surface area (TPSA) is 73.2 Å². The van der Waals surface area contributed by atoms with Gasteiger partial charge in [-0.15, -0.1) is 0 Å². The monoisotopic (exact) mass is 461 g/mol. The van der Waals surface area contributed by atoms with E-state index in [0.717, 1.165) is 11.1 Å². The number of nitrogens with zero attached hydrogens (tertiary/aromatic N) is 2. The van der Waals surface area contributed by atoms with Gasteiger partial charge in [-0.05, 0) is 48.4 Å². The van der Waals surface area contributed by atoms with E-state index in [4.69, 9.17) is 4.74 Å². The molecule has 4 aromatic carbocycles. The van der Waals surface area contributed by atoms with Crippen LogP contribution < -0.4 is 15.6 Å². The number of carbonyl (C=O) groups is 1. The molecular weight excluding hydrogens is 438 g/mol. The molecule has 1 N–H and O–H groups in total. The Morgan fingerprint density at radius 2 is 1.51 bits per heavy atom. The van der Waals surface area contributed by atoms with Gasteiger partial charge in [0.2, 0.25) is 0 Å². The van der Waals surface area contributed by atoms with Gasteiger partial charge in [-0.25, -0.2) is 0 Å². The lowest BCUT2D eigenvalue weighted by Gasteiger charge is -2.15. The minimum Gasteiger partial charge on any atom is -0.487 e. The zero-order valence-corrected chi connectivity index (χ0v) is 19.1. The number of aromatic nitrogens is 2. The molecule has 0 aliphatic rings. The molecule has 0 spiro atoms. The summed E-state index contributed by atoms with van der Waals surface area (Å²) in [6, 6.07) is 31.5. The number of fused-ring (bicyclic) bond motifs is 1. The fourth-order valence-electron chi connectivity index (χ4n) is 3.87. The Labute approximate surface area is 202 Å². The van der Waals surface area contributed by atoms with Crippen LogP contribution in [0.15, 0.2) is 108 Å². The van der Waals surface area contributed by atoms with Crippen molar-refractivity contribution in [3.8, 4) is 11.4 Å². The van der Waals surface area contributed by atoms with E-state index < -0.39 is 5.91 Å². The number of nitrogens with one attached hydrogen (secondary N) is 1. The van der Waals surface area contributed by atoms with E-state index in [1.54, 1.807) is 36.4 Å². The van der Waals surface area contributed by atoms with Crippen LogP contribution in [0.4, 0.5) is 5.69 Å². The van der Waals surface area contributed by atoms with Crippen molar-refractivity contribution in [3.63, 3.8) is 0 Å². The molecule has 0 radical (unpaired) electrons. The molecule has 0 saturated heterocycles. The molecule has 5 rings (SSSR count). The molecule has 172 valence electrons. The van der Waals surface area contributed by atoms with Gasteiger partial charge in [-0.3, -0.25) is 9.59 Å². The number of para-hydroxylation sites is 1. The number of amides is 1. The number of anilines is 1. The first-order chi connectivity index (χ1) is 17.1. The van der Waals surface area contributed by atoms with E-state index in [1.807, 2.05) is 73.7 Å². The lowest BCUT2D eigenvalue weighted by molar-refractivity contribution is 0.102. The molecule has 1 amide bonds. The minimum absolute atomic E-state index is 0.152. The van der Waals surface area contributed by atoms with Crippen LogP contribution in [0, 0.1) is 6.92 Å².